The number of hydrogen-bond donors (Lipinski definition) is 1. The molecule has 2 unspecified atom stereocenters. The first-order chi connectivity index (χ1) is 25.7. The van der Waals surface area contributed by atoms with Crippen LogP contribution in [0.4, 0.5) is 0 Å². The second-order valence-electron chi connectivity index (χ2n) is 17.5. The monoisotopic (exact) mass is 728 g/mol. The van der Waals surface area contributed by atoms with E-state index >= 15 is 0 Å². The molecule has 1 aromatic heterocycles. The Morgan fingerprint density at radius 1 is 0.365 bits per heavy atom. The Morgan fingerprint density at radius 2 is 0.615 bits per heavy atom. The van der Waals surface area contributed by atoms with E-state index in [4.69, 9.17) is 0 Å². The van der Waals surface area contributed by atoms with Gasteiger partial charge in [0, 0.05) is 0 Å². The number of nitrogens with one attached hydrogen (secondary N) is 1. The van der Waals surface area contributed by atoms with Crippen molar-refractivity contribution >= 4 is 0 Å². The van der Waals surface area contributed by atoms with Gasteiger partial charge < -0.3 is 0 Å². The van der Waals surface area contributed by atoms with Crippen LogP contribution in [-0.4, -0.2) is 4.98 Å². The topological polar surface area (TPSA) is 19.7 Å². The van der Waals surface area contributed by atoms with E-state index < -0.39 is 0 Å². The average Bonchev–Trinajstić information content (AvgIpc) is 3.65. The molecule has 1 aromatic rings. The maximum Gasteiger partial charge on any atom is 0.257 e. The predicted molar refractivity (Wildman–Crippen MR) is 235 cm³/mol. The van der Waals surface area contributed by atoms with Crippen LogP contribution in [0, 0.1) is 0 Å². The summed E-state index contributed by atoms with van der Waals surface area (Å²) in [5, 5.41) is 0. The van der Waals surface area contributed by atoms with E-state index in [1.807, 2.05) is 0 Å². The van der Waals surface area contributed by atoms with Crippen molar-refractivity contribution in [1.29, 1.82) is 0 Å². The summed E-state index contributed by atoms with van der Waals surface area (Å²) in [4.78, 5) is 3.78. The molecule has 0 aliphatic rings. The summed E-state index contributed by atoms with van der Waals surface area (Å²) < 4.78 is 2.66. The summed E-state index contributed by atoms with van der Waals surface area (Å²) in [5.74, 6) is 2.25. The second-order valence-corrected chi connectivity index (χ2v) is 17.5. The number of aromatic nitrogens is 2. The molecule has 0 spiro atoms. The van der Waals surface area contributed by atoms with Gasteiger partial charge in [0.1, 0.15) is 12.4 Å². The van der Waals surface area contributed by atoms with Crippen molar-refractivity contribution in [2.45, 2.75) is 303 Å². The number of unbranched alkanes of at least 4 members (excludes halogenated alkanes) is 35. The van der Waals surface area contributed by atoms with Crippen molar-refractivity contribution in [2.75, 3.05) is 0 Å². The lowest BCUT2D eigenvalue weighted by Crippen LogP contribution is -2.41. The molecule has 1 N–H and O–H groups in total. The molecule has 2 heteroatoms. The number of nitrogens with zero attached hydrogens (tertiary/aromatic N) is 1. The third kappa shape index (κ3) is 30.5. The van der Waals surface area contributed by atoms with Crippen molar-refractivity contribution in [3.63, 3.8) is 0 Å². The van der Waals surface area contributed by atoms with Crippen LogP contribution < -0.4 is 4.57 Å². The van der Waals surface area contributed by atoms with Crippen molar-refractivity contribution in [2.24, 2.45) is 0 Å². The van der Waals surface area contributed by atoms with Crippen LogP contribution in [0.3, 0.4) is 0 Å². The molecule has 0 aliphatic carbocycles. The highest BCUT2D eigenvalue weighted by molar-refractivity contribution is 4.90. The molecule has 1 heterocycles. The van der Waals surface area contributed by atoms with Gasteiger partial charge in [-0.15, -0.1) is 0 Å². The Hall–Kier alpha value is -0.790. The van der Waals surface area contributed by atoms with Gasteiger partial charge in [-0.3, -0.25) is 0 Å². The van der Waals surface area contributed by atoms with Gasteiger partial charge in [-0.1, -0.05) is 258 Å². The molecule has 2 nitrogen and oxygen atoms in total. The lowest BCUT2D eigenvalue weighted by Gasteiger charge is -2.17. The fraction of sp³-hybridized carbons (Fsp3) is 0.940. The van der Waals surface area contributed by atoms with Crippen molar-refractivity contribution in [1.82, 2.24) is 4.98 Å². The molecular formula is C50H99N2+. The van der Waals surface area contributed by atoms with Gasteiger partial charge in [0.2, 0.25) is 0 Å². The molecule has 0 aromatic carbocycles. The first-order valence-electron chi connectivity index (χ1n) is 24.8. The molecule has 0 saturated heterocycles. The normalized spacial score (nSPS) is 12.9. The van der Waals surface area contributed by atoms with Gasteiger partial charge in [-0.2, -0.15) is 0 Å². The zero-order valence-electron chi connectivity index (χ0n) is 36.7. The van der Waals surface area contributed by atoms with Gasteiger partial charge in [0.15, 0.2) is 0 Å². The molecule has 0 fully saturated rings. The fourth-order valence-corrected chi connectivity index (χ4v) is 8.73. The molecule has 1 rings (SSSR count). The molecular weight excluding hydrogens is 629 g/mol. The van der Waals surface area contributed by atoms with Crippen LogP contribution in [-0.2, 0) is 0 Å². The Morgan fingerprint density at radius 3 is 0.904 bits per heavy atom. The van der Waals surface area contributed by atoms with Gasteiger partial charge >= 0.3 is 0 Å². The molecule has 0 aliphatic heterocycles. The molecule has 0 radical (unpaired) electrons. The average molecular weight is 728 g/mol. The summed E-state index contributed by atoms with van der Waals surface area (Å²) in [5.41, 5.74) is 0. The van der Waals surface area contributed by atoms with Gasteiger partial charge in [0.25, 0.3) is 5.82 Å². The summed E-state index contributed by atoms with van der Waals surface area (Å²) in [6, 6.07) is 0.616. The highest BCUT2D eigenvalue weighted by Crippen LogP contribution is 2.28. The predicted octanol–water partition coefficient (Wildman–Crippen LogP) is 18.0. The SMILES string of the molecule is CCCCCCCCCCCCCCCCCC(C)[n+]1cc[nH]c1C(CCCCCCCCCCC)CCCCCCCCCCCCCCCC. The second kappa shape index (κ2) is 39.9. The lowest BCUT2D eigenvalue weighted by atomic mass is 9.92. The highest BCUT2D eigenvalue weighted by Gasteiger charge is 2.25. The molecule has 0 bridgehead atoms. The first kappa shape index (κ1) is 49.2. The third-order valence-corrected chi connectivity index (χ3v) is 12.4. The maximum atomic E-state index is 3.78. The van der Waals surface area contributed by atoms with E-state index in [0.29, 0.717) is 12.0 Å². The van der Waals surface area contributed by atoms with E-state index in [0.717, 1.165) is 0 Å². The first-order valence-corrected chi connectivity index (χ1v) is 24.8. The Kier molecular flexibility index (Phi) is 37.8. The van der Waals surface area contributed by atoms with E-state index in [2.05, 4.69) is 49.6 Å². The fourth-order valence-electron chi connectivity index (χ4n) is 8.73. The zero-order chi connectivity index (χ0) is 37.4. The van der Waals surface area contributed by atoms with E-state index in [1.165, 1.54) is 263 Å². The quantitative estimate of drug-likeness (QED) is 0.0510. The van der Waals surface area contributed by atoms with Crippen LogP contribution in [0.15, 0.2) is 12.4 Å². The van der Waals surface area contributed by atoms with Crippen LogP contribution in [0.25, 0.3) is 0 Å². The minimum atomic E-state index is 0.616. The van der Waals surface area contributed by atoms with Gasteiger partial charge in [0.05, 0.1) is 12.0 Å². The zero-order valence-corrected chi connectivity index (χ0v) is 36.7. The van der Waals surface area contributed by atoms with Crippen LogP contribution >= 0.6 is 0 Å². The van der Waals surface area contributed by atoms with Crippen LogP contribution in [0.2, 0.25) is 0 Å². The number of H-pyrrole nitrogens is 1. The Balaban J connectivity index is 2.32. The van der Waals surface area contributed by atoms with Crippen molar-refractivity contribution in [3.8, 4) is 0 Å². The molecule has 0 amide bonds. The minimum Gasteiger partial charge on any atom is -0.247 e. The van der Waals surface area contributed by atoms with Crippen LogP contribution in [0.1, 0.15) is 309 Å². The lowest BCUT2D eigenvalue weighted by molar-refractivity contribution is -0.727. The molecule has 52 heavy (non-hydrogen) atoms. The van der Waals surface area contributed by atoms with Gasteiger partial charge in [-0.05, 0) is 32.6 Å². The summed E-state index contributed by atoms with van der Waals surface area (Å²) in [7, 11) is 0. The summed E-state index contributed by atoms with van der Waals surface area (Å²) >= 11 is 0. The van der Waals surface area contributed by atoms with E-state index in [1.54, 1.807) is 5.82 Å². The van der Waals surface area contributed by atoms with Gasteiger partial charge in [-0.25, -0.2) is 9.55 Å². The molecule has 308 valence electrons. The number of aromatic amines is 1. The maximum absolute atomic E-state index is 3.78. The Labute approximate surface area is 329 Å². The molecule has 2 atom stereocenters. The highest BCUT2D eigenvalue weighted by atomic mass is 15.1. The van der Waals surface area contributed by atoms with E-state index in [9.17, 15) is 0 Å². The van der Waals surface area contributed by atoms with Crippen LogP contribution in [0.5, 0.6) is 0 Å². The summed E-state index contributed by atoms with van der Waals surface area (Å²) in [6.07, 6.45) is 63.6. The molecule has 0 saturated carbocycles. The summed E-state index contributed by atoms with van der Waals surface area (Å²) in [6.45, 7) is 9.44. The largest absolute Gasteiger partial charge is 0.257 e. The number of hydrogen-bond acceptors (Lipinski definition) is 0. The van der Waals surface area contributed by atoms with E-state index in [-0.39, 0.29) is 0 Å². The van der Waals surface area contributed by atoms with Crippen molar-refractivity contribution in [3.05, 3.63) is 18.2 Å². The third-order valence-electron chi connectivity index (χ3n) is 12.4. The standard InChI is InChI=1S/C50H98N2/c1-5-8-11-14-17-20-22-24-26-27-29-32-34-37-40-43-48(4)52-47-46-51-50(52)49(44-41-38-35-31-19-16-13-10-7-3)45-42-39-36-33-30-28-25-23-21-18-15-12-9-6-2/h46-49H,5-45H2,1-4H3/p+1. The smallest absolute Gasteiger partial charge is 0.247 e. The van der Waals surface area contributed by atoms with Crippen molar-refractivity contribution < 1.29 is 4.57 Å². The number of imidazole rings is 1. The minimum absolute atomic E-state index is 0.616. The Bertz CT molecular complexity index is 798. The number of rotatable bonds is 43.